The molecular formula is C11H12N2O4S. The summed E-state index contributed by atoms with van der Waals surface area (Å²) < 4.78 is 24.7. The van der Waals surface area contributed by atoms with Gasteiger partial charge in [0.25, 0.3) is 0 Å². The summed E-state index contributed by atoms with van der Waals surface area (Å²) in [5.41, 5.74) is 0.356. The number of sulfonamides is 1. The van der Waals surface area contributed by atoms with E-state index in [1.807, 2.05) is 0 Å². The summed E-state index contributed by atoms with van der Waals surface area (Å²) in [6.07, 6.45) is -0.320. The van der Waals surface area contributed by atoms with Gasteiger partial charge in [-0.15, -0.1) is 0 Å². The fourth-order valence-corrected chi connectivity index (χ4v) is 2.51. The number of carboxylic acids is 1. The summed E-state index contributed by atoms with van der Waals surface area (Å²) in [5, 5.41) is 17.1. The van der Waals surface area contributed by atoms with Crippen molar-refractivity contribution in [2.45, 2.75) is 6.42 Å². The predicted molar refractivity (Wildman–Crippen MR) is 65.4 cm³/mol. The highest BCUT2D eigenvalue weighted by Crippen LogP contribution is 2.18. The highest BCUT2D eigenvalue weighted by Gasteiger charge is 2.22. The van der Waals surface area contributed by atoms with Crippen molar-refractivity contribution in [3.05, 3.63) is 30.3 Å². The number of carbonyl (C=O) groups is 1. The number of para-hydroxylation sites is 1. The summed E-state index contributed by atoms with van der Waals surface area (Å²) in [7, 11) is -3.81. The van der Waals surface area contributed by atoms with Crippen LogP contribution in [0.25, 0.3) is 0 Å². The number of nitriles is 1. The maximum Gasteiger partial charge on any atom is 0.305 e. The van der Waals surface area contributed by atoms with Crippen molar-refractivity contribution in [1.82, 2.24) is 0 Å². The van der Waals surface area contributed by atoms with E-state index in [-0.39, 0.29) is 13.0 Å². The molecule has 7 heteroatoms. The minimum absolute atomic E-state index is 0.191. The Morgan fingerprint density at radius 2 is 1.94 bits per heavy atom. The maximum absolute atomic E-state index is 11.9. The lowest BCUT2D eigenvalue weighted by atomic mass is 10.3. The quantitative estimate of drug-likeness (QED) is 0.823. The van der Waals surface area contributed by atoms with Crippen molar-refractivity contribution in [3.8, 4) is 6.07 Å². The zero-order chi connectivity index (χ0) is 13.6. The molecule has 0 bridgehead atoms. The third-order valence-electron chi connectivity index (χ3n) is 2.16. The summed E-state index contributed by atoms with van der Waals surface area (Å²) >= 11 is 0. The molecule has 1 rings (SSSR count). The van der Waals surface area contributed by atoms with Crippen LogP contribution in [-0.2, 0) is 14.8 Å². The van der Waals surface area contributed by atoms with Crippen LogP contribution in [0.1, 0.15) is 6.42 Å². The topological polar surface area (TPSA) is 98.5 Å². The minimum atomic E-state index is -3.81. The van der Waals surface area contributed by atoms with Gasteiger partial charge in [0, 0.05) is 6.54 Å². The Labute approximate surface area is 105 Å². The van der Waals surface area contributed by atoms with Gasteiger partial charge in [-0.1, -0.05) is 18.2 Å². The lowest BCUT2D eigenvalue weighted by Crippen LogP contribution is -2.34. The van der Waals surface area contributed by atoms with Gasteiger partial charge in [-0.2, -0.15) is 5.26 Å². The lowest BCUT2D eigenvalue weighted by Gasteiger charge is -2.22. The molecule has 0 unspecified atom stereocenters. The van der Waals surface area contributed by atoms with E-state index in [9.17, 15) is 13.2 Å². The molecule has 0 aliphatic heterocycles. The van der Waals surface area contributed by atoms with Gasteiger partial charge in [-0.25, -0.2) is 8.42 Å². The van der Waals surface area contributed by atoms with Crippen molar-refractivity contribution in [1.29, 1.82) is 5.26 Å². The predicted octanol–water partition coefficient (Wildman–Crippen LogP) is 0.821. The SMILES string of the molecule is N#CCS(=O)(=O)N(CCC(=O)O)c1ccccc1. The van der Waals surface area contributed by atoms with Crippen LogP contribution < -0.4 is 4.31 Å². The van der Waals surface area contributed by atoms with E-state index in [1.54, 1.807) is 36.4 Å². The Bertz CT molecular complexity index is 548. The van der Waals surface area contributed by atoms with E-state index in [2.05, 4.69) is 0 Å². The van der Waals surface area contributed by atoms with Gasteiger partial charge >= 0.3 is 5.97 Å². The average Bonchev–Trinajstić information content (AvgIpc) is 2.29. The molecular weight excluding hydrogens is 256 g/mol. The zero-order valence-corrected chi connectivity index (χ0v) is 10.3. The van der Waals surface area contributed by atoms with Gasteiger partial charge in [0.15, 0.2) is 5.75 Å². The Kier molecular flexibility index (Phi) is 4.68. The second kappa shape index (κ2) is 6.02. The molecule has 1 aromatic rings. The smallest absolute Gasteiger partial charge is 0.305 e. The standard InChI is InChI=1S/C11H12N2O4S/c12-7-9-18(16,17)13(8-6-11(14)15)10-4-2-1-3-5-10/h1-5H,6,8-9H2,(H,14,15). The number of anilines is 1. The Balaban J connectivity index is 3.04. The first-order chi connectivity index (χ1) is 8.47. The molecule has 96 valence electrons. The molecule has 0 aliphatic carbocycles. The van der Waals surface area contributed by atoms with Gasteiger partial charge in [-0.05, 0) is 12.1 Å². The van der Waals surface area contributed by atoms with Gasteiger partial charge in [0.05, 0.1) is 18.2 Å². The van der Waals surface area contributed by atoms with Crippen molar-refractivity contribution in [2.24, 2.45) is 0 Å². The number of benzene rings is 1. The number of nitrogens with zero attached hydrogens (tertiary/aromatic N) is 2. The van der Waals surface area contributed by atoms with Gasteiger partial charge in [0.1, 0.15) is 0 Å². The molecule has 0 radical (unpaired) electrons. The second-order valence-corrected chi connectivity index (χ2v) is 5.36. The number of hydrogen-bond acceptors (Lipinski definition) is 4. The maximum atomic E-state index is 11.9. The highest BCUT2D eigenvalue weighted by atomic mass is 32.2. The van der Waals surface area contributed by atoms with E-state index in [0.29, 0.717) is 5.69 Å². The number of rotatable bonds is 6. The Morgan fingerprint density at radius 3 is 2.44 bits per heavy atom. The fourth-order valence-electron chi connectivity index (χ4n) is 1.38. The van der Waals surface area contributed by atoms with Crippen LogP contribution >= 0.6 is 0 Å². The molecule has 0 aliphatic rings. The van der Waals surface area contributed by atoms with Crippen LogP contribution in [0.3, 0.4) is 0 Å². The zero-order valence-electron chi connectivity index (χ0n) is 9.48. The number of hydrogen-bond donors (Lipinski definition) is 1. The number of carboxylic acid groups (broad SMARTS) is 1. The third kappa shape index (κ3) is 3.75. The first kappa shape index (κ1) is 14.0. The van der Waals surface area contributed by atoms with Crippen LogP contribution in [0.2, 0.25) is 0 Å². The van der Waals surface area contributed by atoms with Crippen molar-refractivity contribution in [3.63, 3.8) is 0 Å². The van der Waals surface area contributed by atoms with Crippen LogP contribution in [-0.4, -0.2) is 31.8 Å². The first-order valence-electron chi connectivity index (χ1n) is 5.11. The van der Waals surface area contributed by atoms with Crippen LogP contribution in [0.4, 0.5) is 5.69 Å². The second-order valence-electron chi connectivity index (χ2n) is 3.47. The molecule has 0 saturated carbocycles. The van der Waals surface area contributed by atoms with Gasteiger partial charge in [-0.3, -0.25) is 9.10 Å². The van der Waals surface area contributed by atoms with Crippen molar-refractivity contribution in [2.75, 3.05) is 16.6 Å². The molecule has 0 fully saturated rings. The van der Waals surface area contributed by atoms with E-state index in [0.717, 1.165) is 4.31 Å². The molecule has 6 nitrogen and oxygen atoms in total. The summed E-state index contributed by atoms with van der Waals surface area (Å²) in [5.74, 6) is -1.77. The molecule has 0 spiro atoms. The summed E-state index contributed by atoms with van der Waals surface area (Å²) in [6, 6.07) is 9.68. The molecule has 0 atom stereocenters. The lowest BCUT2D eigenvalue weighted by molar-refractivity contribution is -0.136. The van der Waals surface area contributed by atoms with Crippen molar-refractivity contribution < 1.29 is 18.3 Å². The molecule has 0 amide bonds. The van der Waals surface area contributed by atoms with Crippen molar-refractivity contribution >= 4 is 21.7 Å². The molecule has 18 heavy (non-hydrogen) atoms. The molecule has 1 N–H and O–H groups in total. The first-order valence-corrected chi connectivity index (χ1v) is 6.72. The largest absolute Gasteiger partial charge is 0.481 e. The van der Waals surface area contributed by atoms with Gasteiger partial charge < -0.3 is 5.11 Å². The van der Waals surface area contributed by atoms with Crippen LogP contribution in [0, 0.1) is 11.3 Å². The van der Waals surface area contributed by atoms with E-state index >= 15 is 0 Å². The minimum Gasteiger partial charge on any atom is -0.481 e. The van der Waals surface area contributed by atoms with Gasteiger partial charge in [0.2, 0.25) is 10.0 Å². The van der Waals surface area contributed by atoms with Crippen LogP contribution in [0.15, 0.2) is 30.3 Å². The fraction of sp³-hybridized carbons (Fsp3) is 0.273. The molecule has 0 aromatic heterocycles. The Morgan fingerprint density at radius 1 is 1.33 bits per heavy atom. The highest BCUT2D eigenvalue weighted by molar-refractivity contribution is 7.93. The molecule has 0 saturated heterocycles. The van der Waals surface area contributed by atoms with Crippen LogP contribution in [0.5, 0.6) is 0 Å². The summed E-state index contributed by atoms with van der Waals surface area (Å²) in [6.45, 7) is -0.191. The monoisotopic (exact) mass is 268 g/mol. The molecule has 0 heterocycles. The van der Waals surface area contributed by atoms with E-state index < -0.39 is 21.7 Å². The molecule has 1 aromatic carbocycles. The number of aliphatic carboxylic acids is 1. The third-order valence-corrected chi connectivity index (χ3v) is 3.71. The van der Waals surface area contributed by atoms with E-state index in [4.69, 9.17) is 10.4 Å². The average molecular weight is 268 g/mol. The normalized spacial score (nSPS) is 10.6. The summed E-state index contributed by atoms with van der Waals surface area (Å²) in [4.78, 5) is 10.5. The van der Waals surface area contributed by atoms with E-state index in [1.165, 1.54) is 0 Å². The Hall–Kier alpha value is -2.07.